The van der Waals surface area contributed by atoms with Gasteiger partial charge in [0, 0.05) is 0 Å². The molecule has 0 aromatic rings. The van der Waals surface area contributed by atoms with E-state index in [0.717, 1.165) is 64.2 Å². The van der Waals surface area contributed by atoms with Crippen molar-refractivity contribution in [3.05, 3.63) is 12.2 Å². The van der Waals surface area contributed by atoms with E-state index in [9.17, 15) is 10.2 Å². The van der Waals surface area contributed by atoms with E-state index in [4.69, 9.17) is 0 Å². The third-order valence-corrected chi connectivity index (χ3v) is 4.73. The summed E-state index contributed by atoms with van der Waals surface area (Å²) in [4.78, 5) is 0. The van der Waals surface area contributed by atoms with Crippen molar-refractivity contribution in [3.8, 4) is 0 Å². The van der Waals surface area contributed by atoms with Gasteiger partial charge < -0.3 is 10.2 Å². The van der Waals surface area contributed by atoms with Crippen LogP contribution < -0.4 is 0 Å². The van der Waals surface area contributed by atoms with E-state index in [0.29, 0.717) is 0 Å². The van der Waals surface area contributed by atoms with Crippen LogP contribution in [0.5, 0.6) is 0 Å². The Morgan fingerprint density at radius 3 is 1.28 bits per heavy atom. The number of rotatable bonds is 4. The lowest BCUT2D eigenvalue weighted by molar-refractivity contribution is 0.00300. The van der Waals surface area contributed by atoms with Gasteiger partial charge in [-0.25, -0.2) is 0 Å². The fourth-order valence-electron chi connectivity index (χ4n) is 3.43. The summed E-state index contributed by atoms with van der Waals surface area (Å²) in [5.74, 6) is 0. The SMILES string of the molecule is OC1(C/C=C\CC2(O)CCCCC2)CCCCC1. The van der Waals surface area contributed by atoms with Crippen LogP contribution in [0.3, 0.4) is 0 Å². The van der Waals surface area contributed by atoms with Crippen molar-refractivity contribution in [2.45, 2.75) is 88.3 Å². The molecule has 2 aliphatic rings. The van der Waals surface area contributed by atoms with Crippen molar-refractivity contribution >= 4 is 0 Å². The summed E-state index contributed by atoms with van der Waals surface area (Å²) in [6.07, 6.45) is 16.7. The Morgan fingerprint density at radius 2 is 0.944 bits per heavy atom. The maximum absolute atomic E-state index is 10.4. The molecule has 0 bridgehead atoms. The first-order chi connectivity index (χ1) is 8.62. The Labute approximate surface area is 111 Å². The van der Waals surface area contributed by atoms with Crippen molar-refractivity contribution in [1.29, 1.82) is 0 Å². The van der Waals surface area contributed by atoms with E-state index >= 15 is 0 Å². The van der Waals surface area contributed by atoms with Gasteiger partial charge in [0.1, 0.15) is 0 Å². The predicted octanol–water partition coefficient (Wildman–Crippen LogP) is 3.71. The normalized spacial score (nSPS) is 27.4. The minimum Gasteiger partial charge on any atom is -0.390 e. The summed E-state index contributed by atoms with van der Waals surface area (Å²) in [6.45, 7) is 0. The molecule has 2 fully saturated rings. The summed E-state index contributed by atoms with van der Waals surface area (Å²) in [6, 6.07) is 0. The van der Waals surface area contributed by atoms with E-state index < -0.39 is 11.2 Å². The summed E-state index contributed by atoms with van der Waals surface area (Å²) in [5, 5.41) is 20.7. The topological polar surface area (TPSA) is 40.5 Å². The van der Waals surface area contributed by atoms with Crippen LogP contribution in [0.1, 0.15) is 77.0 Å². The van der Waals surface area contributed by atoms with Gasteiger partial charge in [0.15, 0.2) is 0 Å². The van der Waals surface area contributed by atoms with Crippen molar-refractivity contribution < 1.29 is 10.2 Å². The van der Waals surface area contributed by atoms with Crippen LogP contribution in [0, 0.1) is 0 Å². The van der Waals surface area contributed by atoms with E-state index in [1.54, 1.807) is 0 Å². The zero-order valence-corrected chi connectivity index (χ0v) is 11.5. The summed E-state index contributed by atoms with van der Waals surface area (Å²) >= 11 is 0. The fraction of sp³-hybridized carbons (Fsp3) is 0.875. The molecule has 0 spiro atoms. The highest BCUT2D eigenvalue weighted by atomic mass is 16.3. The monoisotopic (exact) mass is 252 g/mol. The molecule has 2 rings (SSSR count). The Kier molecular flexibility index (Phi) is 4.85. The Hall–Kier alpha value is -0.340. The molecule has 0 aromatic carbocycles. The molecule has 0 unspecified atom stereocenters. The number of aliphatic hydroxyl groups is 2. The first kappa shape index (κ1) is 14.1. The molecular weight excluding hydrogens is 224 g/mol. The van der Waals surface area contributed by atoms with Crippen LogP contribution in [0.15, 0.2) is 12.2 Å². The van der Waals surface area contributed by atoms with Gasteiger partial charge >= 0.3 is 0 Å². The van der Waals surface area contributed by atoms with E-state index in [1.807, 2.05) is 0 Å². The first-order valence-corrected chi connectivity index (χ1v) is 7.72. The zero-order valence-electron chi connectivity index (χ0n) is 11.5. The lowest BCUT2D eigenvalue weighted by atomic mass is 9.81. The first-order valence-electron chi connectivity index (χ1n) is 7.72. The van der Waals surface area contributed by atoms with Crippen LogP contribution in [0.4, 0.5) is 0 Å². The molecule has 2 N–H and O–H groups in total. The van der Waals surface area contributed by atoms with E-state index in [1.165, 1.54) is 12.8 Å². The molecule has 0 saturated heterocycles. The maximum Gasteiger partial charge on any atom is 0.0682 e. The summed E-state index contributed by atoms with van der Waals surface area (Å²) in [5.41, 5.74) is -0.909. The molecular formula is C16H28O2. The number of hydrogen-bond acceptors (Lipinski definition) is 2. The highest BCUT2D eigenvalue weighted by Gasteiger charge is 2.29. The lowest BCUT2D eigenvalue weighted by Crippen LogP contribution is -2.31. The molecule has 2 aliphatic carbocycles. The minimum absolute atomic E-state index is 0.454. The lowest BCUT2D eigenvalue weighted by Gasteiger charge is -2.32. The molecule has 104 valence electrons. The Balaban J connectivity index is 1.73. The minimum atomic E-state index is -0.454. The van der Waals surface area contributed by atoms with Crippen molar-refractivity contribution in [2.24, 2.45) is 0 Å². The second-order valence-electron chi connectivity index (χ2n) is 6.45. The van der Waals surface area contributed by atoms with Gasteiger partial charge in [-0.2, -0.15) is 0 Å². The van der Waals surface area contributed by atoms with Crippen LogP contribution in [-0.4, -0.2) is 21.4 Å². The molecule has 0 aromatic heterocycles. The third-order valence-electron chi connectivity index (χ3n) is 4.73. The van der Waals surface area contributed by atoms with Gasteiger partial charge in [-0.1, -0.05) is 50.7 Å². The van der Waals surface area contributed by atoms with Crippen LogP contribution in [0.25, 0.3) is 0 Å². The maximum atomic E-state index is 10.4. The van der Waals surface area contributed by atoms with Gasteiger partial charge in [0.2, 0.25) is 0 Å². The van der Waals surface area contributed by atoms with E-state index in [-0.39, 0.29) is 0 Å². The summed E-state index contributed by atoms with van der Waals surface area (Å²) < 4.78 is 0. The smallest absolute Gasteiger partial charge is 0.0682 e. The van der Waals surface area contributed by atoms with Crippen LogP contribution >= 0.6 is 0 Å². The average molecular weight is 252 g/mol. The van der Waals surface area contributed by atoms with Gasteiger partial charge in [0.25, 0.3) is 0 Å². The van der Waals surface area contributed by atoms with Crippen molar-refractivity contribution in [2.75, 3.05) is 0 Å². The molecule has 0 atom stereocenters. The van der Waals surface area contributed by atoms with Crippen LogP contribution in [0.2, 0.25) is 0 Å². The highest BCUT2D eigenvalue weighted by molar-refractivity contribution is 4.97. The van der Waals surface area contributed by atoms with E-state index in [2.05, 4.69) is 12.2 Å². The van der Waals surface area contributed by atoms with Crippen molar-refractivity contribution in [3.63, 3.8) is 0 Å². The molecule has 2 saturated carbocycles. The summed E-state index contributed by atoms with van der Waals surface area (Å²) in [7, 11) is 0. The van der Waals surface area contributed by atoms with Gasteiger partial charge in [-0.15, -0.1) is 0 Å². The molecule has 18 heavy (non-hydrogen) atoms. The number of hydrogen-bond donors (Lipinski definition) is 2. The highest BCUT2D eigenvalue weighted by Crippen LogP contribution is 2.33. The van der Waals surface area contributed by atoms with Crippen molar-refractivity contribution in [1.82, 2.24) is 0 Å². The molecule has 2 heteroatoms. The predicted molar refractivity (Wildman–Crippen MR) is 74.4 cm³/mol. The molecule has 0 heterocycles. The fourth-order valence-corrected chi connectivity index (χ4v) is 3.43. The van der Waals surface area contributed by atoms with Gasteiger partial charge in [-0.05, 0) is 38.5 Å². The second-order valence-corrected chi connectivity index (χ2v) is 6.45. The van der Waals surface area contributed by atoms with Gasteiger partial charge in [-0.3, -0.25) is 0 Å². The quantitative estimate of drug-likeness (QED) is 0.749. The zero-order chi connectivity index (χ0) is 12.9. The molecule has 0 amide bonds. The third kappa shape index (κ3) is 4.10. The Morgan fingerprint density at radius 1 is 0.611 bits per heavy atom. The molecule has 0 aliphatic heterocycles. The largest absolute Gasteiger partial charge is 0.390 e. The van der Waals surface area contributed by atoms with Crippen LogP contribution in [-0.2, 0) is 0 Å². The Bertz CT molecular complexity index is 243. The molecule has 0 radical (unpaired) electrons. The van der Waals surface area contributed by atoms with Gasteiger partial charge in [0.05, 0.1) is 11.2 Å². The second kappa shape index (κ2) is 6.21. The average Bonchev–Trinajstić information content (AvgIpc) is 2.37. The molecule has 2 nitrogen and oxygen atoms in total. The standard InChI is InChI=1S/C16H28O2/c17-15(9-3-1-4-10-15)13-7-8-14-16(18)11-5-2-6-12-16/h7-8,17-18H,1-6,9-14H2/b8-7-.